The fourth-order valence-corrected chi connectivity index (χ4v) is 4.13. The second-order valence-electron chi connectivity index (χ2n) is 8.10. The average Bonchev–Trinajstić information content (AvgIpc) is 3.04. The highest BCUT2D eigenvalue weighted by Gasteiger charge is 2.42. The Kier molecular flexibility index (Phi) is 6.00. The van der Waals surface area contributed by atoms with Gasteiger partial charge in [0.1, 0.15) is 5.70 Å². The smallest absolute Gasteiger partial charge is 0.282 e. The molecule has 0 bridgehead atoms. The largest absolute Gasteiger partial charge is 0.364 e. The number of nitrogens with zero attached hydrogens (tertiary/aromatic N) is 3. The van der Waals surface area contributed by atoms with Crippen LogP contribution < -0.4 is 4.90 Å². The molecule has 156 valence electrons. The monoisotopic (exact) mass is 403 g/mol. The van der Waals surface area contributed by atoms with Crippen LogP contribution >= 0.6 is 0 Å². The van der Waals surface area contributed by atoms with Gasteiger partial charge in [-0.15, -0.1) is 0 Å². The van der Waals surface area contributed by atoms with E-state index in [1.165, 1.54) is 10.5 Å². The van der Waals surface area contributed by atoms with Gasteiger partial charge in [-0.25, -0.2) is 4.90 Å². The van der Waals surface area contributed by atoms with Crippen molar-refractivity contribution in [1.82, 2.24) is 9.80 Å². The molecule has 2 heterocycles. The molecule has 0 radical (unpaired) electrons. The first-order valence-corrected chi connectivity index (χ1v) is 10.8. The number of rotatable bonds is 6. The molecule has 30 heavy (non-hydrogen) atoms. The van der Waals surface area contributed by atoms with Crippen LogP contribution in [0.3, 0.4) is 0 Å². The number of benzene rings is 2. The number of hydrogen-bond acceptors (Lipinski definition) is 4. The van der Waals surface area contributed by atoms with Gasteiger partial charge in [0.2, 0.25) is 0 Å². The van der Waals surface area contributed by atoms with Crippen molar-refractivity contribution < 1.29 is 9.59 Å². The van der Waals surface area contributed by atoms with Crippen LogP contribution in [-0.4, -0.2) is 54.8 Å². The van der Waals surface area contributed by atoms with Crippen molar-refractivity contribution in [2.45, 2.75) is 26.2 Å². The van der Waals surface area contributed by atoms with Gasteiger partial charge in [-0.05, 0) is 43.1 Å². The van der Waals surface area contributed by atoms with Gasteiger partial charge in [-0.1, -0.05) is 55.8 Å². The first-order chi connectivity index (χ1) is 14.6. The Balaban J connectivity index is 1.69. The van der Waals surface area contributed by atoms with E-state index in [0.717, 1.165) is 51.0 Å². The van der Waals surface area contributed by atoms with Crippen LogP contribution in [0.2, 0.25) is 0 Å². The molecule has 0 N–H and O–H groups in total. The fourth-order valence-electron chi connectivity index (χ4n) is 4.13. The molecular weight excluding hydrogens is 374 g/mol. The van der Waals surface area contributed by atoms with Crippen molar-refractivity contribution in [3.8, 4) is 0 Å². The highest BCUT2D eigenvalue weighted by atomic mass is 16.2. The average molecular weight is 404 g/mol. The number of anilines is 1. The number of amides is 2. The zero-order valence-corrected chi connectivity index (χ0v) is 17.8. The molecule has 0 unspecified atom stereocenters. The summed E-state index contributed by atoms with van der Waals surface area (Å²) >= 11 is 0. The minimum Gasteiger partial charge on any atom is -0.364 e. The summed E-state index contributed by atoms with van der Waals surface area (Å²) in [6.07, 6.45) is 3.29. The van der Waals surface area contributed by atoms with Crippen LogP contribution in [0.4, 0.5) is 5.69 Å². The quantitative estimate of drug-likeness (QED) is 0.692. The molecule has 2 aromatic carbocycles. The Bertz CT molecular complexity index is 942. The molecule has 0 saturated carbocycles. The zero-order chi connectivity index (χ0) is 21.1. The normalized spacial score (nSPS) is 17.9. The third-order valence-corrected chi connectivity index (χ3v) is 5.95. The van der Waals surface area contributed by atoms with E-state index < -0.39 is 0 Å². The van der Waals surface area contributed by atoms with Crippen molar-refractivity contribution in [1.29, 1.82) is 0 Å². The molecule has 2 aliphatic rings. The Morgan fingerprint density at radius 2 is 1.50 bits per heavy atom. The summed E-state index contributed by atoms with van der Waals surface area (Å²) in [4.78, 5) is 32.7. The lowest BCUT2D eigenvalue weighted by Crippen LogP contribution is -2.46. The molecule has 5 nitrogen and oxygen atoms in total. The number of piperazine rings is 1. The number of carbonyl (C=O) groups is 2. The summed E-state index contributed by atoms with van der Waals surface area (Å²) in [5, 5.41) is 0. The minimum absolute atomic E-state index is 0.218. The van der Waals surface area contributed by atoms with Crippen molar-refractivity contribution in [2.75, 3.05) is 38.1 Å². The zero-order valence-electron chi connectivity index (χ0n) is 17.8. The van der Waals surface area contributed by atoms with Gasteiger partial charge in [0.15, 0.2) is 0 Å². The summed E-state index contributed by atoms with van der Waals surface area (Å²) in [7, 11) is 2.08. The number of carbonyl (C=O) groups excluding carboxylic acids is 2. The summed E-state index contributed by atoms with van der Waals surface area (Å²) in [5.74, 6) is -0.453. The second-order valence-corrected chi connectivity index (χ2v) is 8.10. The van der Waals surface area contributed by atoms with E-state index in [-0.39, 0.29) is 11.8 Å². The van der Waals surface area contributed by atoms with E-state index in [0.29, 0.717) is 17.0 Å². The number of hydrogen-bond donors (Lipinski definition) is 0. The van der Waals surface area contributed by atoms with E-state index in [2.05, 4.69) is 23.8 Å². The molecule has 0 atom stereocenters. The van der Waals surface area contributed by atoms with Gasteiger partial charge in [0.25, 0.3) is 11.8 Å². The Hall–Kier alpha value is -2.92. The Morgan fingerprint density at radius 3 is 2.13 bits per heavy atom. The van der Waals surface area contributed by atoms with Crippen LogP contribution in [0.1, 0.15) is 30.9 Å². The van der Waals surface area contributed by atoms with Crippen molar-refractivity contribution in [3.63, 3.8) is 0 Å². The highest BCUT2D eigenvalue weighted by Crippen LogP contribution is 2.35. The van der Waals surface area contributed by atoms with Crippen molar-refractivity contribution in [2.24, 2.45) is 0 Å². The Labute approximate surface area is 178 Å². The maximum absolute atomic E-state index is 13.5. The molecule has 0 aromatic heterocycles. The SMILES string of the molecule is CCCCc1ccc(N2C(=O)C(c3ccccc3)=C(N3CCN(C)CC3)C2=O)cc1. The molecule has 5 heteroatoms. The molecule has 1 fully saturated rings. The molecule has 0 aliphatic carbocycles. The molecule has 1 saturated heterocycles. The number of likely N-dealkylation sites (N-methyl/N-ethyl adjacent to an activating group) is 1. The Morgan fingerprint density at radius 1 is 0.833 bits per heavy atom. The second kappa shape index (κ2) is 8.84. The third kappa shape index (κ3) is 3.90. The van der Waals surface area contributed by atoms with E-state index in [9.17, 15) is 9.59 Å². The topological polar surface area (TPSA) is 43.9 Å². The van der Waals surface area contributed by atoms with Gasteiger partial charge < -0.3 is 9.80 Å². The number of unbranched alkanes of at least 4 members (excludes halogenated alkanes) is 1. The first-order valence-electron chi connectivity index (χ1n) is 10.8. The van der Waals surface area contributed by atoms with E-state index >= 15 is 0 Å². The van der Waals surface area contributed by atoms with Crippen molar-refractivity contribution >= 4 is 23.1 Å². The lowest BCUT2D eigenvalue weighted by molar-refractivity contribution is -0.120. The number of aryl methyl sites for hydroxylation is 1. The van der Waals surface area contributed by atoms with E-state index in [1.807, 2.05) is 54.6 Å². The number of imide groups is 1. The van der Waals surface area contributed by atoms with Gasteiger partial charge in [-0.2, -0.15) is 0 Å². The van der Waals surface area contributed by atoms with E-state index in [4.69, 9.17) is 0 Å². The fraction of sp³-hybridized carbons (Fsp3) is 0.360. The van der Waals surface area contributed by atoms with Crippen LogP contribution in [0.5, 0.6) is 0 Å². The summed E-state index contributed by atoms with van der Waals surface area (Å²) in [5.41, 5.74) is 3.72. The predicted octanol–water partition coefficient (Wildman–Crippen LogP) is 3.56. The predicted molar refractivity (Wildman–Crippen MR) is 120 cm³/mol. The molecule has 2 amide bonds. The standard InChI is InChI=1S/C25H29N3O2/c1-3-4-8-19-11-13-21(14-12-19)28-24(29)22(20-9-6-5-7-10-20)23(25(28)30)27-17-15-26(2)16-18-27/h5-7,9-14H,3-4,8,15-18H2,1-2H3. The molecule has 0 spiro atoms. The first kappa shape index (κ1) is 20.4. The lowest BCUT2D eigenvalue weighted by Gasteiger charge is -2.34. The van der Waals surface area contributed by atoms with Crippen LogP contribution in [0.25, 0.3) is 5.57 Å². The molecular formula is C25H29N3O2. The maximum atomic E-state index is 13.5. The van der Waals surface area contributed by atoms with Crippen molar-refractivity contribution in [3.05, 3.63) is 71.4 Å². The molecule has 2 aromatic rings. The minimum atomic E-state index is -0.235. The van der Waals surface area contributed by atoms with Crippen LogP contribution in [0.15, 0.2) is 60.3 Å². The van der Waals surface area contributed by atoms with E-state index in [1.54, 1.807) is 0 Å². The van der Waals surface area contributed by atoms with Gasteiger partial charge in [0.05, 0.1) is 11.3 Å². The summed E-state index contributed by atoms with van der Waals surface area (Å²) in [6, 6.07) is 17.4. The molecule has 2 aliphatic heterocycles. The highest BCUT2D eigenvalue weighted by molar-refractivity contribution is 6.45. The van der Waals surface area contributed by atoms with Gasteiger partial charge >= 0.3 is 0 Å². The third-order valence-electron chi connectivity index (χ3n) is 5.95. The van der Waals surface area contributed by atoms with Crippen LogP contribution in [-0.2, 0) is 16.0 Å². The van der Waals surface area contributed by atoms with Crippen LogP contribution in [0, 0.1) is 0 Å². The molecule has 4 rings (SSSR count). The maximum Gasteiger partial charge on any atom is 0.282 e. The summed E-state index contributed by atoms with van der Waals surface area (Å²) in [6.45, 7) is 5.40. The summed E-state index contributed by atoms with van der Waals surface area (Å²) < 4.78 is 0. The lowest BCUT2D eigenvalue weighted by atomic mass is 10.0. The van der Waals surface area contributed by atoms with Gasteiger partial charge in [0, 0.05) is 26.2 Å². The van der Waals surface area contributed by atoms with Gasteiger partial charge in [-0.3, -0.25) is 9.59 Å².